The van der Waals surface area contributed by atoms with Crippen LogP contribution in [0.3, 0.4) is 0 Å². The van der Waals surface area contributed by atoms with Crippen LogP contribution in [0.5, 0.6) is 11.6 Å². The number of amides is 1. The molecule has 24 heavy (non-hydrogen) atoms. The molecule has 1 aromatic carbocycles. The molecule has 1 aliphatic rings. The number of aryl methyl sites for hydroxylation is 1. The van der Waals surface area contributed by atoms with E-state index in [9.17, 15) is 9.18 Å². The van der Waals surface area contributed by atoms with Crippen molar-refractivity contribution in [2.24, 2.45) is 5.73 Å². The van der Waals surface area contributed by atoms with Gasteiger partial charge in [0.1, 0.15) is 5.82 Å². The summed E-state index contributed by atoms with van der Waals surface area (Å²) in [6, 6.07) is 7.74. The van der Waals surface area contributed by atoms with E-state index in [4.69, 9.17) is 10.5 Å². The number of hydrogen-bond donors (Lipinski definition) is 1. The number of halogens is 1. The lowest BCUT2D eigenvalue weighted by Crippen LogP contribution is -2.34. The molecule has 2 heterocycles. The van der Waals surface area contributed by atoms with Gasteiger partial charge >= 0.3 is 0 Å². The van der Waals surface area contributed by atoms with Gasteiger partial charge in [-0.2, -0.15) is 4.98 Å². The molecule has 0 unspecified atom stereocenters. The van der Waals surface area contributed by atoms with Crippen LogP contribution in [0.4, 0.5) is 4.39 Å². The Hall–Kier alpha value is -2.54. The minimum absolute atomic E-state index is 0.0830. The topological polar surface area (TPSA) is 81.3 Å². The number of likely N-dealkylation sites (tertiary alicyclic amines) is 1. The van der Waals surface area contributed by atoms with E-state index in [-0.39, 0.29) is 30.1 Å². The van der Waals surface area contributed by atoms with Gasteiger partial charge < -0.3 is 10.5 Å². The van der Waals surface area contributed by atoms with Crippen LogP contribution < -0.4 is 10.5 Å². The van der Waals surface area contributed by atoms with Gasteiger partial charge in [0.25, 0.3) is 0 Å². The molecule has 0 radical (unpaired) electrons. The van der Waals surface area contributed by atoms with Gasteiger partial charge in [0.2, 0.25) is 11.8 Å². The van der Waals surface area contributed by atoms with Gasteiger partial charge in [0.05, 0.1) is 12.6 Å². The number of benzene rings is 1. The minimum Gasteiger partial charge on any atom is -0.436 e. The fourth-order valence-electron chi connectivity index (χ4n) is 2.91. The van der Waals surface area contributed by atoms with E-state index >= 15 is 0 Å². The zero-order valence-electron chi connectivity index (χ0n) is 13.4. The van der Waals surface area contributed by atoms with Crippen LogP contribution in [0.2, 0.25) is 0 Å². The Kier molecular flexibility index (Phi) is 4.71. The Morgan fingerprint density at radius 1 is 1.42 bits per heavy atom. The van der Waals surface area contributed by atoms with Crippen molar-refractivity contribution in [3.63, 3.8) is 0 Å². The van der Waals surface area contributed by atoms with Crippen molar-refractivity contribution >= 4 is 5.91 Å². The van der Waals surface area contributed by atoms with Crippen molar-refractivity contribution in [3.8, 4) is 11.6 Å². The first-order chi connectivity index (χ1) is 11.5. The number of ether oxygens (including phenoxy) is 1. The van der Waals surface area contributed by atoms with Crippen LogP contribution >= 0.6 is 0 Å². The summed E-state index contributed by atoms with van der Waals surface area (Å²) in [5.74, 6) is 0.138. The van der Waals surface area contributed by atoms with Crippen molar-refractivity contribution < 1.29 is 13.9 Å². The molecule has 0 spiro atoms. The van der Waals surface area contributed by atoms with E-state index in [1.54, 1.807) is 24.3 Å². The Morgan fingerprint density at radius 3 is 2.96 bits per heavy atom. The predicted octanol–water partition coefficient (Wildman–Crippen LogP) is 2.34. The summed E-state index contributed by atoms with van der Waals surface area (Å²) in [5.41, 5.74) is 6.02. The molecule has 2 aromatic rings. The van der Waals surface area contributed by atoms with Crippen molar-refractivity contribution in [1.82, 2.24) is 14.9 Å². The number of carbonyl (C=O) groups excluding carboxylic acids is 1. The van der Waals surface area contributed by atoms with Gasteiger partial charge in [-0.1, -0.05) is 12.1 Å². The molecular weight excluding hydrogens is 311 g/mol. The highest BCUT2D eigenvalue weighted by Gasteiger charge is 2.29. The van der Waals surface area contributed by atoms with Crippen LogP contribution in [0.25, 0.3) is 0 Å². The third-order valence-electron chi connectivity index (χ3n) is 3.92. The van der Waals surface area contributed by atoms with Crippen molar-refractivity contribution in [2.75, 3.05) is 13.1 Å². The van der Waals surface area contributed by atoms with E-state index in [2.05, 4.69) is 9.97 Å². The zero-order chi connectivity index (χ0) is 17.1. The highest BCUT2D eigenvalue weighted by atomic mass is 19.1. The molecule has 126 valence electrons. The number of aromatic nitrogens is 2. The van der Waals surface area contributed by atoms with E-state index in [0.717, 1.165) is 25.1 Å². The van der Waals surface area contributed by atoms with Crippen LogP contribution in [0, 0.1) is 12.7 Å². The molecule has 0 saturated carbocycles. The Bertz CT molecular complexity index is 753. The average molecular weight is 330 g/mol. The second-order valence-corrected chi connectivity index (χ2v) is 5.83. The molecular formula is C17H19FN4O2. The molecule has 7 heteroatoms. The Balaban J connectivity index is 1.86. The summed E-state index contributed by atoms with van der Waals surface area (Å²) < 4.78 is 19.3. The zero-order valence-corrected chi connectivity index (χ0v) is 13.4. The molecule has 1 saturated heterocycles. The summed E-state index contributed by atoms with van der Waals surface area (Å²) in [4.78, 5) is 22.1. The van der Waals surface area contributed by atoms with Crippen molar-refractivity contribution in [1.29, 1.82) is 0 Å². The summed E-state index contributed by atoms with van der Waals surface area (Å²) in [5, 5.41) is 0. The van der Waals surface area contributed by atoms with E-state index < -0.39 is 5.82 Å². The minimum atomic E-state index is -0.452. The molecule has 1 aliphatic heterocycles. The van der Waals surface area contributed by atoms with E-state index in [1.807, 2.05) is 11.8 Å². The lowest BCUT2D eigenvalue weighted by Gasteiger charge is -2.22. The van der Waals surface area contributed by atoms with Gasteiger partial charge in [-0.15, -0.1) is 0 Å². The Labute approximate surface area is 139 Å². The third-order valence-corrected chi connectivity index (χ3v) is 3.92. The highest BCUT2D eigenvalue weighted by Crippen LogP contribution is 2.31. The quantitative estimate of drug-likeness (QED) is 0.910. The first-order valence-corrected chi connectivity index (χ1v) is 7.83. The number of nitrogens with two attached hydrogens (primary N) is 1. The molecule has 3 rings (SSSR count). The summed E-state index contributed by atoms with van der Waals surface area (Å²) in [7, 11) is 0. The normalized spacial score (nSPS) is 17.8. The molecule has 1 fully saturated rings. The Morgan fingerprint density at radius 2 is 2.21 bits per heavy atom. The number of para-hydroxylation sites is 1. The molecule has 6 nitrogen and oxygen atoms in total. The fourth-order valence-corrected chi connectivity index (χ4v) is 2.91. The highest BCUT2D eigenvalue weighted by molar-refractivity contribution is 5.76. The number of rotatable bonds is 5. The van der Waals surface area contributed by atoms with Crippen LogP contribution in [-0.2, 0) is 4.79 Å². The van der Waals surface area contributed by atoms with Gasteiger partial charge in [-0.05, 0) is 38.4 Å². The molecule has 1 atom stereocenters. The first kappa shape index (κ1) is 16.3. The van der Waals surface area contributed by atoms with Gasteiger partial charge in [-0.25, -0.2) is 9.37 Å². The van der Waals surface area contributed by atoms with Crippen LogP contribution in [0.15, 0.2) is 30.3 Å². The van der Waals surface area contributed by atoms with E-state index in [1.165, 1.54) is 6.07 Å². The second-order valence-electron chi connectivity index (χ2n) is 5.83. The molecule has 1 aromatic heterocycles. The molecule has 0 bridgehead atoms. The van der Waals surface area contributed by atoms with Crippen molar-refractivity contribution in [2.45, 2.75) is 25.8 Å². The number of primary amides is 1. The first-order valence-electron chi connectivity index (χ1n) is 7.83. The monoisotopic (exact) mass is 330 g/mol. The molecule has 1 amide bonds. The van der Waals surface area contributed by atoms with Crippen molar-refractivity contribution in [3.05, 3.63) is 47.7 Å². The third kappa shape index (κ3) is 3.68. The predicted molar refractivity (Wildman–Crippen MR) is 86.0 cm³/mol. The smallest absolute Gasteiger partial charge is 0.231 e. The lowest BCUT2D eigenvalue weighted by molar-refractivity contribution is -0.119. The second kappa shape index (κ2) is 6.92. The van der Waals surface area contributed by atoms with E-state index in [0.29, 0.717) is 5.82 Å². The average Bonchev–Trinajstić information content (AvgIpc) is 2.96. The maximum Gasteiger partial charge on any atom is 0.231 e. The number of carbonyl (C=O) groups is 1. The standard InChI is InChI=1S/C17H19FN4O2/c1-11-9-16(24-14-7-3-2-5-12(14)18)21-17(20-11)13-6-4-8-22(13)10-15(19)23/h2-3,5,7,9,13H,4,6,8,10H2,1H3,(H2,19,23)/t13-/m0/s1. The number of nitrogens with zero attached hydrogens (tertiary/aromatic N) is 3. The maximum absolute atomic E-state index is 13.8. The van der Waals surface area contributed by atoms with Gasteiger partial charge in [0, 0.05) is 11.8 Å². The largest absolute Gasteiger partial charge is 0.436 e. The SMILES string of the molecule is Cc1cc(Oc2ccccc2F)nc([C@@H]2CCCN2CC(N)=O)n1. The summed E-state index contributed by atoms with van der Waals surface area (Å²) in [6.45, 7) is 2.77. The fraction of sp³-hybridized carbons (Fsp3) is 0.353. The van der Waals surface area contributed by atoms with Crippen LogP contribution in [0.1, 0.15) is 30.4 Å². The summed E-state index contributed by atoms with van der Waals surface area (Å²) in [6.07, 6.45) is 1.79. The lowest BCUT2D eigenvalue weighted by atomic mass is 10.2. The maximum atomic E-state index is 13.8. The van der Waals surface area contributed by atoms with Gasteiger partial charge in [0.15, 0.2) is 11.6 Å². The summed E-state index contributed by atoms with van der Waals surface area (Å²) >= 11 is 0. The van der Waals surface area contributed by atoms with Gasteiger partial charge in [-0.3, -0.25) is 9.69 Å². The molecule has 2 N–H and O–H groups in total. The number of hydrogen-bond acceptors (Lipinski definition) is 5. The van der Waals surface area contributed by atoms with Crippen LogP contribution in [-0.4, -0.2) is 33.9 Å². The molecule has 0 aliphatic carbocycles.